The number of rotatable bonds is 9. The van der Waals surface area contributed by atoms with Gasteiger partial charge in [-0.15, -0.1) is 0 Å². The molecular formula is C22H28N4O2+2. The first-order valence-corrected chi connectivity index (χ1v) is 9.92. The van der Waals surface area contributed by atoms with Gasteiger partial charge in [-0.2, -0.15) is 0 Å². The van der Waals surface area contributed by atoms with Crippen LogP contribution in [0.4, 0.5) is 0 Å². The molecule has 0 aliphatic carbocycles. The minimum Gasteiger partial charge on any atom is -0.342 e. The average molecular weight is 380 g/mol. The second kappa shape index (κ2) is 8.54. The fraction of sp³-hybridized carbons (Fsp3) is 0.364. The number of para-hydroxylation sites is 4. The number of hydrogen-bond acceptors (Lipinski definition) is 2. The van der Waals surface area contributed by atoms with Crippen LogP contribution in [0.5, 0.6) is 0 Å². The molecule has 4 rings (SSSR count). The van der Waals surface area contributed by atoms with Crippen LogP contribution in [0.3, 0.4) is 0 Å². The van der Waals surface area contributed by atoms with E-state index in [0.29, 0.717) is 26.7 Å². The van der Waals surface area contributed by atoms with Gasteiger partial charge in [-0.3, -0.25) is 0 Å². The summed E-state index contributed by atoms with van der Waals surface area (Å²) in [7, 11) is 0. The molecule has 0 amide bonds. The monoisotopic (exact) mass is 380 g/mol. The quantitative estimate of drug-likeness (QED) is 0.419. The molecule has 0 fully saturated rings. The number of fused-ring (bicyclic) bond motifs is 2. The molecule has 0 atom stereocenters. The molecular weight excluding hydrogens is 352 g/mol. The van der Waals surface area contributed by atoms with Crippen molar-refractivity contribution in [1.82, 2.24) is 9.13 Å². The van der Waals surface area contributed by atoms with Gasteiger partial charge >= 0.3 is 0 Å². The number of imidazole rings is 2. The smallest absolute Gasteiger partial charge is 0.246 e. The summed E-state index contributed by atoms with van der Waals surface area (Å²) in [6.45, 7) is 8.38. The lowest BCUT2D eigenvalue weighted by Crippen LogP contribution is -2.34. The minimum absolute atomic E-state index is 0.574. The zero-order chi connectivity index (χ0) is 19.3. The predicted octanol–water partition coefficient (Wildman–Crippen LogP) is 2.86. The molecule has 0 radical (unpaired) electrons. The van der Waals surface area contributed by atoms with E-state index in [1.54, 1.807) is 0 Å². The van der Waals surface area contributed by atoms with Crippen molar-refractivity contribution >= 4 is 22.1 Å². The van der Waals surface area contributed by atoms with Crippen LogP contribution in [0.1, 0.15) is 13.8 Å². The Balaban J connectivity index is 1.61. The lowest BCUT2D eigenvalue weighted by atomic mass is 10.3. The Morgan fingerprint density at radius 1 is 0.679 bits per heavy atom. The van der Waals surface area contributed by atoms with E-state index in [9.17, 15) is 0 Å². The van der Waals surface area contributed by atoms with E-state index in [0.717, 1.165) is 13.1 Å². The molecule has 0 aliphatic heterocycles. The van der Waals surface area contributed by atoms with E-state index in [1.165, 1.54) is 22.1 Å². The zero-order valence-corrected chi connectivity index (χ0v) is 16.6. The molecule has 2 aromatic heterocycles. The van der Waals surface area contributed by atoms with Crippen LogP contribution in [0, 0.1) is 0 Å². The number of aromatic nitrogens is 4. The highest BCUT2D eigenvalue weighted by Crippen LogP contribution is 2.14. The highest BCUT2D eigenvalue weighted by atomic mass is 16.5. The molecule has 2 aromatic carbocycles. The molecule has 0 bridgehead atoms. The minimum atomic E-state index is 0.574. The Labute approximate surface area is 165 Å². The molecule has 2 heterocycles. The first-order valence-electron chi connectivity index (χ1n) is 9.92. The Hall–Kier alpha value is -2.70. The molecule has 0 saturated carbocycles. The van der Waals surface area contributed by atoms with E-state index in [-0.39, 0.29) is 0 Å². The summed E-state index contributed by atoms with van der Waals surface area (Å²) in [5.74, 6) is 0. The predicted molar refractivity (Wildman–Crippen MR) is 108 cm³/mol. The van der Waals surface area contributed by atoms with Crippen LogP contribution in [-0.2, 0) is 36.0 Å². The number of nitrogens with zero attached hydrogens (tertiary/aromatic N) is 4. The van der Waals surface area contributed by atoms with Gasteiger partial charge in [-0.05, 0) is 38.1 Å². The van der Waals surface area contributed by atoms with Gasteiger partial charge in [0.05, 0.1) is 0 Å². The fourth-order valence-corrected chi connectivity index (χ4v) is 3.64. The maximum absolute atomic E-state index is 5.63. The highest BCUT2D eigenvalue weighted by Gasteiger charge is 2.19. The lowest BCUT2D eigenvalue weighted by Gasteiger charge is -1.97. The maximum Gasteiger partial charge on any atom is 0.246 e. The highest BCUT2D eigenvalue weighted by molar-refractivity contribution is 5.72. The van der Waals surface area contributed by atoms with E-state index < -0.39 is 0 Å². The van der Waals surface area contributed by atoms with E-state index >= 15 is 0 Å². The summed E-state index contributed by atoms with van der Waals surface area (Å²) in [6, 6.07) is 17.0. The average Bonchev–Trinajstić information content (AvgIpc) is 3.27. The van der Waals surface area contributed by atoms with Crippen molar-refractivity contribution in [3.63, 3.8) is 0 Å². The van der Waals surface area contributed by atoms with Crippen molar-refractivity contribution in [2.45, 2.75) is 40.4 Å². The molecule has 0 N–H and O–H groups in total. The third kappa shape index (κ3) is 3.66. The largest absolute Gasteiger partial charge is 0.342 e. The van der Waals surface area contributed by atoms with Crippen LogP contribution >= 0.6 is 0 Å². The van der Waals surface area contributed by atoms with E-state index in [2.05, 4.69) is 79.5 Å². The van der Waals surface area contributed by atoms with Crippen molar-refractivity contribution < 1.29 is 18.6 Å². The third-order valence-corrected chi connectivity index (χ3v) is 5.01. The van der Waals surface area contributed by atoms with Crippen molar-refractivity contribution in [3.05, 3.63) is 61.2 Å². The van der Waals surface area contributed by atoms with Crippen molar-refractivity contribution in [3.8, 4) is 0 Å². The lowest BCUT2D eigenvalue weighted by molar-refractivity contribution is -0.710. The van der Waals surface area contributed by atoms with Gasteiger partial charge in [0.1, 0.15) is 13.1 Å². The summed E-state index contributed by atoms with van der Waals surface area (Å²) in [6.07, 6.45) is 4.31. The Morgan fingerprint density at radius 3 is 1.54 bits per heavy atom. The SMILES string of the molecule is CCOC[n+]1cn(CCn2c[n+](COCC)c3ccccc32)c2ccccc21. The molecule has 0 saturated heterocycles. The second-order valence-corrected chi connectivity index (χ2v) is 6.78. The summed E-state index contributed by atoms with van der Waals surface area (Å²) >= 11 is 0. The van der Waals surface area contributed by atoms with E-state index in [1.807, 2.05) is 13.8 Å². The van der Waals surface area contributed by atoms with Crippen molar-refractivity contribution in [2.24, 2.45) is 0 Å². The third-order valence-electron chi connectivity index (χ3n) is 5.01. The van der Waals surface area contributed by atoms with Crippen molar-refractivity contribution in [1.29, 1.82) is 0 Å². The topological polar surface area (TPSA) is 36.1 Å². The zero-order valence-electron chi connectivity index (χ0n) is 16.6. The van der Waals surface area contributed by atoms with Crippen LogP contribution in [0.25, 0.3) is 22.1 Å². The Bertz CT molecular complexity index is 981. The van der Waals surface area contributed by atoms with Gasteiger partial charge in [-0.25, -0.2) is 18.3 Å². The maximum atomic E-state index is 5.63. The summed E-state index contributed by atoms with van der Waals surface area (Å²) in [4.78, 5) is 0. The first-order chi connectivity index (χ1) is 13.8. The van der Waals surface area contributed by atoms with E-state index in [4.69, 9.17) is 9.47 Å². The van der Waals surface area contributed by atoms with Crippen LogP contribution in [0.2, 0.25) is 0 Å². The van der Waals surface area contributed by atoms with Crippen LogP contribution in [-0.4, -0.2) is 22.3 Å². The van der Waals surface area contributed by atoms with Gasteiger partial charge in [0, 0.05) is 13.2 Å². The molecule has 0 aliphatic rings. The fourth-order valence-electron chi connectivity index (χ4n) is 3.64. The molecule has 0 unspecified atom stereocenters. The summed E-state index contributed by atoms with van der Waals surface area (Å²) in [5.41, 5.74) is 4.83. The second-order valence-electron chi connectivity index (χ2n) is 6.78. The number of benzene rings is 2. The van der Waals surface area contributed by atoms with Gasteiger partial charge in [0.25, 0.3) is 0 Å². The first kappa shape index (κ1) is 18.7. The Kier molecular flexibility index (Phi) is 5.69. The normalized spacial score (nSPS) is 11.6. The molecule has 4 aromatic rings. The molecule has 146 valence electrons. The van der Waals surface area contributed by atoms with Gasteiger partial charge in [0.15, 0.2) is 35.5 Å². The number of ether oxygens (including phenoxy) is 2. The molecule has 6 heteroatoms. The standard InChI is InChI=1S/C22H28N4O2/c1-3-27-17-25-15-23(19-9-5-7-11-21(19)25)13-14-24-16-26(18-28-4-2)22-12-8-6-10-20(22)24/h5-12,15-16H,3-4,13-14,17-18H2,1-2H3/q+2. The van der Waals surface area contributed by atoms with Gasteiger partial charge in [0.2, 0.25) is 12.7 Å². The summed E-state index contributed by atoms with van der Waals surface area (Å²) < 4.78 is 20.2. The summed E-state index contributed by atoms with van der Waals surface area (Å²) in [5, 5.41) is 0. The van der Waals surface area contributed by atoms with Gasteiger partial charge in [-0.1, -0.05) is 24.3 Å². The molecule has 0 spiro atoms. The number of hydrogen-bond donors (Lipinski definition) is 0. The van der Waals surface area contributed by atoms with Gasteiger partial charge < -0.3 is 9.47 Å². The van der Waals surface area contributed by atoms with Crippen LogP contribution < -0.4 is 9.13 Å². The molecule has 6 nitrogen and oxygen atoms in total. The molecule has 28 heavy (non-hydrogen) atoms. The Morgan fingerprint density at radius 2 is 1.11 bits per heavy atom. The van der Waals surface area contributed by atoms with Crippen LogP contribution in [0.15, 0.2) is 61.2 Å². The number of aryl methyl sites for hydroxylation is 2. The van der Waals surface area contributed by atoms with Crippen molar-refractivity contribution in [2.75, 3.05) is 13.2 Å².